The molecule has 0 saturated carbocycles. The van der Waals surface area contributed by atoms with E-state index in [1.165, 1.54) is 31.4 Å². The lowest BCUT2D eigenvalue weighted by Crippen LogP contribution is -2.02. The van der Waals surface area contributed by atoms with Crippen LogP contribution in [0.1, 0.15) is 46.5 Å². The third kappa shape index (κ3) is 8.07. The van der Waals surface area contributed by atoms with Gasteiger partial charge in [-0.3, -0.25) is 0 Å². The summed E-state index contributed by atoms with van der Waals surface area (Å²) in [4.78, 5) is 0. The summed E-state index contributed by atoms with van der Waals surface area (Å²) < 4.78 is 0. The predicted octanol–water partition coefficient (Wildman–Crippen LogP) is 5.05. The summed E-state index contributed by atoms with van der Waals surface area (Å²) in [6.45, 7) is 10.6. The van der Waals surface area contributed by atoms with Gasteiger partial charge in [0.2, 0.25) is 0 Å². The van der Waals surface area contributed by atoms with E-state index in [1.54, 1.807) is 0 Å². The van der Waals surface area contributed by atoms with Crippen molar-refractivity contribution in [2.45, 2.75) is 46.5 Å². The first-order valence-electron chi connectivity index (χ1n) is 6.48. The van der Waals surface area contributed by atoms with Gasteiger partial charge >= 0.3 is 0 Å². The summed E-state index contributed by atoms with van der Waals surface area (Å²) in [7, 11) is -0.589. The Labute approximate surface area is 104 Å². The smallest absolute Gasteiger partial charge is 0.0171 e. The van der Waals surface area contributed by atoms with E-state index >= 15 is 0 Å². The molecule has 0 aromatic heterocycles. The Morgan fingerprint density at radius 1 is 1.12 bits per heavy atom. The van der Waals surface area contributed by atoms with Crippen molar-refractivity contribution in [3.05, 3.63) is 12.7 Å². The van der Waals surface area contributed by atoms with Crippen LogP contribution in [0.15, 0.2) is 12.7 Å². The van der Waals surface area contributed by atoms with E-state index in [0.717, 1.165) is 5.92 Å². The van der Waals surface area contributed by atoms with E-state index in [1.807, 2.05) is 6.08 Å². The Hall–Kier alpha value is -0.130. The Morgan fingerprint density at radius 2 is 1.75 bits per heavy atom. The van der Waals surface area contributed by atoms with Crippen LogP contribution in [-0.2, 0) is 0 Å². The van der Waals surface area contributed by atoms with Gasteiger partial charge in [0.25, 0.3) is 0 Å². The van der Waals surface area contributed by atoms with Crippen LogP contribution in [0.25, 0.3) is 0 Å². The van der Waals surface area contributed by atoms with Crippen LogP contribution in [0.4, 0.5) is 0 Å². The quantitative estimate of drug-likeness (QED) is 0.452. The van der Waals surface area contributed by atoms with Crippen molar-refractivity contribution in [1.29, 1.82) is 0 Å². The largest absolute Gasteiger partial charge is 0.194 e. The monoisotopic (exact) mass is 242 g/mol. The van der Waals surface area contributed by atoms with Crippen LogP contribution in [-0.4, -0.2) is 18.3 Å². The summed E-state index contributed by atoms with van der Waals surface area (Å²) in [5.41, 5.74) is 0. The van der Waals surface area contributed by atoms with Crippen LogP contribution >= 0.6 is 9.44 Å². The molecule has 0 amide bonds. The van der Waals surface area contributed by atoms with E-state index in [0.29, 0.717) is 5.92 Å². The van der Waals surface area contributed by atoms with Gasteiger partial charge in [-0.05, 0) is 43.4 Å². The Bertz CT molecular complexity index is 290. The van der Waals surface area contributed by atoms with Crippen LogP contribution < -0.4 is 0 Å². The summed E-state index contributed by atoms with van der Waals surface area (Å²) in [5.74, 6) is 2.71. The van der Waals surface area contributed by atoms with Crippen molar-refractivity contribution < 1.29 is 0 Å². The lowest BCUT2D eigenvalue weighted by molar-refractivity contribution is 0.521. The second-order valence-corrected chi connectivity index (χ2v) is 9.25. The first-order chi connectivity index (χ1) is 7.39. The maximum absolute atomic E-state index is 3.81. The van der Waals surface area contributed by atoms with Gasteiger partial charge in [-0.1, -0.05) is 33.3 Å². The van der Waals surface area contributed by atoms with Gasteiger partial charge in [0, 0.05) is 5.92 Å². The highest BCUT2D eigenvalue weighted by molar-refractivity contribution is 8.23. The molecule has 0 nitrogen and oxygen atoms in total. The zero-order valence-electron chi connectivity index (χ0n) is 11.9. The summed E-state index contributed by atoms with van der Waals surface area (Å²) in [6.07, 6.45) is 12.0. The number of allylic oxidation sites excluding steroid dienone is 1. The van der Waals surface area contributed by atoms with E-state index < -0.39 is 9.44 Å². The van der Waals surface area contributed by atoms with Gasteiger partial charge in [0.15, 0.2) is 0 Å². The van der Waals surface area contributed by atoms with E-state index in [9.17, 15) is 0 Å². The molecule has 0 aliphatic heterocycles. The number of unbranched alkanes of at least 4 members (excludes halogenated alkanes) is 3. The first-order valence-corrected chi connectivity index (χ1v) is 9.10. The Kier molecular flexibility index (Phi) is 7.97. The third-order valence-electron chi connectivity index (χ3n) is 3.07. The SMILES string of the molecule is C=CCCCCCS(C)(C)#CC(C)C(C)C. The fraction of sp³-hybridized carbons (Fsp3) is 0.800. The number of rotatable bonds is 6. The van der Waals surface area contributed by atoms with Crippen molar-refractivity contribution in [2.75, 3.05) is 18.3 Å². The molecule has 96 valence electrons. The average Bonchev–Trinajstić information content (AvgIpc) is 2.16. The maximum atomic E-state index is 3.81. The molecule has 16 heavy (non-hydrogen) atoms. The van der Waals surface area contributed by atoms with E-state index in [4.69, 9.17) is 0 Å². The third-order valence-corrected chi connectivity index (χ3v) is 5.39. The lowest BCUT2D eigenvalue weighted by atomic mass is 10.0. The van der Waals surface area contributed by atoms with Crippen LogP contribution in [0, 0.1) is 17.0 Å². The fourth-order valence-electron chi connectivity index (χ4n) is 1.63. The maximum Gasteiger partial charge on any atom is 0.0171 e. The molecule has 0 N–H and O–H groups in total. The molecule has 0 radical (unpaired) electrons. The van der Waals surface area contributed by atoms with E-state index in [-0.39, 0.29) is 0 Å². The molecule has 0 saturated heterocycles. The summed E-state index contributed by atoms with van der Waals surface area (Å²) in [6, 6.07) is 0. The molecule has 0 spiro atoms. The molecule has 0 bridgehead atoms. The van der Waals surface area contributed by atoms with Crippen molar-refractivity contribution in [3.8, 4) is 5.18 Å². The number of hydrogen-bond acceptors (Lipinski definition) is 0. The number of hydrogen-bond donors (Lipinski definition) is 0. The van der Waals surface area contributed by atoms with Crippen LogP contribution in [0.3, 0.4) is 0 Å². The molecule has 0 heterocycles. The normalized spacial score (nSPS) is 13.6. The molecule has 0 aromatic carbocycles. The molecular formula is C15H30S. The minimum atomic E-state index is -0.589. The lowest BCUT2D eigenvalue weighted by Gasteiger charge is -2.17. The highest BCUT2D eigenvalue weighted by Gasteiger charge is 2.05. The Morgan fingerprint density at radius 3 is 2.25 bits per heavy atom. The van der Waals surface area contributed by atoms with Crippen molar-refractivity contribution in [1.82, 2.24) is 0 Å². The molecule has 0 aliphatic carbocycles. The molecule has 0 aromatic rings. The van der Waals surface area contributed by atoms with Crippen molar-refractivity contribution in [3.63, 3.8) is 0 Å². The van der Waals surface area contributed by atoms with Gasteiger partial charge < -0.3 is 0 Å². The van der Waals surface area contributed by atoms with Gasteiger partial charge in [0.05, 0.1) is 0 Å². The molecule has 1 heteroatoms. The van der Waals surface area contributed by atoms with Gasteiger partial charge in [-0.2, -0.15) is 9.44 Å². The van der Waals surface area contributed by atoms with Crippen LogP contribution in [0.5, 0.6) is 0 Å². The fourth-order valence-corrected chi connectivity index (χ4v) is 3.95. The molecule has 1 atom stereocenters. The molecule has 0 fully saturated rings. The van der Waals surface area contributed by atoms with E-state index in [2.05, 4.69) is 45.0 Å². The molecular weight excluding hydrogens is 212 g/mol. The second kappa shape index (κ2) is 8.03. The minimum Gasteiger partial charge on any atom is -0.194 e. The summed E-state index contributed by atoms with van der Waals surface area (Å²) >= 11 is 0. The summed E-state index contributed by atoms with van der Waals surface area (Å²) in [5, 5.41) is 3.81. The van der Waals surface area contributed by atoms with Crippen molar-refractivity contribution >= 4 is 9.44 Å². The predicted molar refractivity (Wildman–Crippen MR) is 80.9 cm³/mol. The first kappa shape index (κ1) is 15.9. The Balaban J connectivity index is 4.07. The van der Waals surface area contributed by atoms with Crippen LogP contribution in [0.2, 0.25) is 0 Å². The zero-order valence-corrected chi connectivity index (χ0v) is 12.7. The standard InChI is InChI=1S/C15H30S/c1-7-8-9-10-11-12-16(5,6)13-15(4)14(2)3/h7,14-15H,1,8-12H2,2-6H3. The highest BCUT2D eigenvalue weighted by Crippen LogP contribution is 2.28. The molecule has 0 aliphatic rings. The van der Waals surface area contributed by atoms with Crippen molar-refractivity contribution in [2.24, 2.45) is 11.8 Å². The van der Waals surface area contributed by atoms with Gasteiger partial charge in [-0.15, -0.1) is 11.8 Å². The highest BCUT2D eigenvalue weighted by atomic mass is 32.2. The molecule has 1 unspecified atom stereocenters. The van der Waals surface area contributed by atoms with Gasteiger partial charge in [-0.25, -0.2) is 0 Å². The second-order valence-electron chi connectivity index (χ2n) is 5.53. The zero-order chi connectivity index (χ0) is 12.6. The molecule has 0 rings (SSSR count). The topological polar surface area (TPSA) is 0 Å². The average molecular weight is 242 g/mol. The minimum absolute atomic E-state index is 0.589. The van der Waals surface area contributed by atoms with Gasteiger partial charge in [0.1, 0.15) is 0 Å².